The van der Waals surface area contributed by atoms with Gasteiger partial charge < -0.3 is 92.0 Å². The summed E-state index contributed by atoms with van der Waals surface area (Å²) in [5.74, 6) is -13.9. The number of ketones is 6. The molecule has 8 bridgehead atoms. The topological polar surface area (TPSA) is 529 Å². The average molecular weight is 1790 g/mol. The highest BCUT2D eigenvalue weighted by atomic mass is 16.7. The molecule has 33 heteroatoms. The number of carbonyl (C=O) groups excluding carboxylic acids is 11. The number of aliphatic hydroxyl groups is 3. The second-order valence-electron chi connectivity index (χ2n) is 35.4. The molecule has 4 aliphatic carbocycles. The molecule has 9 aliphatic rings. The highest BCUT2D eigenvalue weighted by molar-refractivity contribution is 6.31. The van der Waals surface area contributed by atoms with E-state index in [1.54, 1.807) is 6.08 Å². The fraction of sp³-hybridized carbons (Fsp3) is 0.495. The SMILES string of the molecule is C=CC1=C(C)/C2=C/C3=NC(CC4=C(C)C(CCCCC(=O)OC)=C(C4)CC4N=C(CC1N2)C(C)=C4CCC(=O)C[C@H](Cc1ccccc1)C(=O)N[C@@H](CCCNC(=N)N)C(=O)C[C@H](CCCNC(=N)N)C(=O)NCC(=O)CC1C[C@@H](OC2C[C@](O)(C(=O)CO)Cc4c(O)c5c(c(O)c42)C(=O)c2c(OC)cccc2C5=O)O[C@@H](C)[C@H]1O)[C@@]1(C)C3=CC=C(C(=O)OC)[C@@H]1C(=O)OC. The fourth-order valence-electron chi connectivity index (χ4n) is 20.3. The maximum absolute atomic E-state index is 15.3. The minimum atomic E-state index is -2.48. The van der Waals surface area contributed by atoms with E-state index >= 15 is 14.4 Å². The van der Waals surface area contributed by atoms with Gasteiger partial charge in [-0.2, -0.15) is 0 Å². The number of methoxy groups -OCH3 is 4. The number of phenolic OH excluding ortho intramolecular Hbond substituents is 2. The number of hydrogen-bond donors (Lipinski definition) is 14. The number of esters is 3. The van der Waals surface area contributed by atoms with E-state index in [1.165, 1.54) is 53.6 Å². The zero-order chi connectivity index (χ0) is 94.1. The maximum atomic E-state index is 15.3. The molecule has 16 N–H and O–H groups in total. The summed E-state index contributed by atoms with van der Waals surface area (Å²) >= 11 is 0. The number of unbranched alkanes of at least 4 members (excludes halogenated alkanes) is 1. The summed E-state index contributed by atoms with van der Waals surface area (Å²) in [7, 11) is 5.21. The van der Waals surface area contributed by atoms with Crippen LogP contribution in [0.4, 0.5) is 0 Å². The Kier molecular flexibility index (Phi) is 31.1. The molecule has 1 fully saturated rings. The molecule has 130 heavy (non-hydrogen) atoms. The minimum absolute atomic E-state index is 0.000584. The zero-order valence-corrected chi connectivity index (χ0v) is 75.0. The first-order chi connectivity index (χ1) is 62.0. The van der Waals surface area contributed by atoms with Gasteiger partial charge in [0, 0.05) is 116 Å². The fourth-order valence-corrected chi connectivity index (χ4v) is 20.3. The monoisotopic (exact) mass is 1790 g/mol. The lowest BCUT2D eigenvalue weighted by molar-refractivity contribution is -0.257. The zero-order valence-electron chi connectivity index (χ0n) is 75.0. The smallest absolute Gasteiger partial charge is 0.334 e. The quantitative estimate of drug-likeness (QED) is 0.00511. The number of phenols is 2. The van der Waals surface area contributed by atoms with Crippen molar-refractivity contribution in [3.05, 3.63) is 180 Å². The lowest BCUT2D eigenvalue weighted by Crippen LogP contribution is -2.49. The summed E-state index contributed by atoms with van der Waals surface area (Å²) in [5, 5.41) is 88.2. The Morgan fingerprint density at radius 3 is 2.16 bits per heavy atom. The van der Waals surface area contributed by atoms with Gasteiger partial charge in [-0.15, -0.1) is 0 Å². The van der Waals surface area contributed by atoms with Gasteiger partial charge in [-0.3, -0.25) is 68.7 Å². The van der Waals surface area contributed by atoms with Gasteiger partial charge in [0.1, 0.15) is 41.2 Å². The minimum Gasteiger partial charge on any atom is -0.507 e. The standard InChI is InChI=1S/C97H119N11O22/c1-11-60-49(3)69-43-72-66-31-30-64(92(122)127-9)84(93(123)128-10)96(66,6)76(107-72)40-54-35-55(61(48(54)2)23-15-16-27-78(114)126-8)38-70-62(50(4)68(105-70)42-71(60)106-69)29-28-58(110)37-57(34-52-20-13-12-14-21-52)91(121)108-67(25-19-33-103-95(100)101)73(112)39-53(22-18-32-102-94(98)99)90(120)104-46-59(111)36-56-41-79(129-51(5)85(56)115)130-75-45-97(124,77(113)47-109)44-65-81(75)89(119)83-82(87(65)117)86(116)63-24-17-26-74(125-7)80(63)88(83)118/h11-14,17,20-21,24,26,30-31,43,51,53,56-57,67,70-71,75-76,79,84-85,106,109,115,117,119,124H,1,15-16,18-19,22-23,25,27-29,32-42,44-47H2,2-10H3,(H,104,120)(H,108,121)(H4,98,99,102)(H4,100,101,103)/b69-43-/t51-,53-,56?,57-,67-,70?,71?,75?,76?,79+,84+,85+,96+,97-/m0/s1. The average Bonchev–Trinajstić information content (AvgIpc) is 1.03. The van der Waals surface area contributed by atoms with Gasteiger partial charge in [0.05, 0.1) is 105 Å². The molecule has 12 rings (SSSR count). The number of benzene rings is 3. The molecule has 0 aromatic heterocycles. The van der Waals surface area contributed by atoms with Crippen molar-refractivity contribution < 1.29 is 107 Å². The molecule has 0 radical (unpaired) electrons. The summed E-state index contributed by atoms with van der Waals surface area (Å²) in [5.41, 5.74) is 17.7. The van der Waals surface area contributed by atoms with Gasteiger partial charge in [0.15, 0.2) is 41.3 Å². The van der Waals surface area contributed by atoms with E-state index < -0.39 is 192 Å². The lowest BCUT2D eigenvalue weighted by atomic mass is 9.61. The summed E-state index contributed by atoms with van der Waals surface area (Å²) in [4.78, 5) is 168. The number of allylic oxidation sites excluding steroid dienone is 7. The number of ether oxygens (including phenoxy) is 6. The van der Waals surface area contributed by atoms with Crippen molar-refractivity contribution in [1.29, 1.82) is 10.8 Å². The van der Waals surface area contributed by atoms with Crippen molar-refractivity contribution in [3.63, 3.8) is 0 Å². The summed E-state index contributed by atoms with van der Waals surface area (Å²) in [6, 6.07) is 10.7. The normalized spacial score (nSPS) is 24.7. The van der Waals surface area contributed by atoms with E-state index in [9.17, 15) is 63.9 Å². The number of amides is 2. The van der Waals surface area contributed by atoms with E-state index in [2.05, 4.69) is 40.1 Å². The third kappa shape index (κ3) is 20.7. The number of aromatic hydroxyl groups is 2. The number of nitrogens with zero attached hydrogens (tertiary/aromatic N) is 2. The van der Waals surface area contributed by atoms with Crippen LogP contribution in [0.1, 0.15) is 211 Å². The molecule has 1 saturated heterocycles. The van der Waals surface area contributed by atoms with Crippen molar-refractivity contribution in [2.75, 3.05) is 54.7 Å². The molecule has 5 aliphatic heterocycles. The highest BCUT2D eigenvalue weighted by Crippen LogP contribution is 2.57. The molecule has 5 heterocycles. The Balaban J connectivity index is 0.762. The van der Waals surface area contributed by atoms with E-state index in [0.29, 0.717) is 50.7 Å². The summed E-state index contributed by atoms with van der Waals surface area (Å²) < 4.78 is 33.7. The highest BCUT2D eigenvalue weighted by Gasteiger charge is 2.58. The second kappa shape index (κ2) is 41.7. The molecule has 2 amide bonds. The molecule has 0 saturated carbocycles. The first-order valence-electron chi connectivity index (χ1n) is 44.3. The molecule has 3 aromatic carbocycles. The van der Waals surface area contributed by atoms with Crippen molar-refractivity contribution in [3.8, 4) is 17.2 Å². The van der Waals surface area contributed by atoms with Gasteiger partial charge in [-0.25, -0.2) is 4.79 Å². The number of fused-ring (bicyclic) bond motifs is 12. The molecule has 694 valence electrons. The molecule has 0 spiro atoms. The molecular weight excluding hydrogens is 1670 g/mol. The third-order valence-corrected chi connectivity index (χ3v) is 27.3. The van der Waals surface area contributed by atoms with E-state index in [-0.39, 0.29) is 141 Å². The van der Waals surface area contributed by atoms with Crippen LogP contribution in [0.25, 0.3) is 0 Å². The van der Waals surface area contributed by atoms with Crippen LogP contribution in [0.2, 0.25) is 0 Å². The Hall–Kier alpha value is -12.2. The van der Waals surface area contributed by atoms with E-state index in [1.807, 2.05) is 69.3 Å². The largest absolute Gasteiger partial charge is 0.507 e. The Morgan fingerprint density at radius 2 is 1.48 bits per heavy atom. The van der Waals surface area contributed by atoms with Gasteiger partial charge in [-0.05, 0) is 167 Å². The van der Waals surface area contributed by atoms with Crippen molar-refractivity contribution in [1.82, 2.24) is 26.6 Å². The Labute approximate surface area is 754 Å². The number of Topliss-reactive ketones (excluding diaryl/α,β-unsaturated/α-hetero) is 4. The van der Waals surface area contributed by atoms with E-state index in [0.717, 1.165) is 67.1 Å². The Bertz CT molecular complexity index is 5400. The van der Waals surface area contributed by atoms with Crippen LogP contribution in [0.5, 0.6) is 17.2 Å². The van der Waals surface area contributed by atoms with Gasteiger partial charge in [0.2, 0.25) is 17.6 Å². The predicted octanol–water partition coefficient (Wildman–Crippen LogP) is 7.64. The molecule has 5 unspecified atom stereocenters. The number of aliphatic hydroxyl groups excluding tert-OH is 2. The number of nitrogens with two attached hydrogens (primary N) is 2. The van der Waals surface area contributed by atoms with Crippen LogP contribution in [0, 0.1) is 39.9 Å². The summed E-state index contributed by atoms with van der Waals surface area (Å²) in [6.07, 6.45) is 3.69. The van der Waals surface area contributed by atoms with Gasteiger partial charge in [-0.1, -0.05) is 85.3 Å². The van der Waals surface area contributed by atoms with Crippen LogP contribution in [0.3, 0.4) is 0 Å². The number of hydrogen-bond acceptors (Lipinski definition) is 27. The number of aliphatic imine (C=N–C) groups is 2. The van der Waals surface area contributed by atoms with E-state index in [4.69, 9.17) is 60.7 Å². The molecular formula is C97H119N11O22. The second-order valence-corrected chi connectivity index (χ2v) is 35.4. The first kappa shape index (κ1) is 96.9. The number of rotatable bonds is 38. The number of guanidine groups is 2. The first-order valence-corrected chi connectivity index (χ1v) is 44.3. The van der Waals surface area contributed by atoms with Crippen molar-refractivity contribution in [2.24, 2.45) is 50.5 Å². The van der Waals surface area contributed by atoms with Crippen LogP contribution in [0.15, 0.2) is 151 Å². The van der Waals surface area contributed by atoms with Crippen LogP contribution in [-0.4, -0.2) is 216 Å². The third-order valence-electron chi connectivity index (χ3n) is 27.3. The molecule has 14 atom stereocenters. The van der Waals surface area contributed by atoms with Crippen molar-refractivity contribution >= 4 is 87.8 Å². The molecule has 33 nitrogen and oxygen atoms in total. The van der Waals surface area contributed by atoms with Crippen LogP contribution < -0.4 is 42.8 Å². The molecule has 3 aromatic rings. The van der Waals surface area contributed by atoms with Gasteiger partial charge in [0.25, 0.3) is 0 Å². The number of carbonyl (C=O) groups is 11. The van der Waals surface area contributed by atoms with Gasteiger partial charge >= 0.3 is 17.9 Å². The van der Waals surface area contributed by atoms with Crippen LogP contribution >= 0.6 is 0 Å². The van der Waals surface area contributed by atoms with Crippen molar-refractivity contribution in [2.45, 2.75) is 224 Å². The summed E-state index contributed by atoms with van der Waals surface area (Å²) in [6.45, 7) is 12.3. The predicted molar refractivity (Wildman–Crippen MR) is 479 cm³/mol. The lowest BCUT2D eigenvalue weighted by Gasteiger charge is -2.42. The maximum Gasteiger partial charge on any atom is 0.334 e. The Morgan fingerprint density at radius 1 is 0.769 bits per heavy atom. The van der Waals surface area contributed by atoms with Crippen LogP contribution in [-0.2, 0) is 79.7 Å². The number of nitrogens with one attached hydrogen (secondary N) is 7.